The average Bonchev–Trinajstić information content (AvgIpc) is 3.01. The fraction of sp³-hybridized carbons (Fsp3) is 0.206. The molecule has 0 amide bonds. The van der Waals surface area contributed by atoms with E-state index in [2.05, 4.69) is 28.4 Å². The van der Waals surface area contributed by atoms with Crippen molar-refractivity contribution in [3.05, 3.63) is 120 Å². The van der Waals surface area contributed by atoms with E-state index in [1.165, 1.54) is 0 Å². The first-order valence-corrected chi connectivity index (χ1v) is 14.1. The summed E-state index contributed by atoms with van der Waals surface area (Å²) in [4.78, 5) is 37.3. The van der Waals surface area contributed by atoms with E-state index in [-0.39, 0.29) is 24.7 Å². The van der Waals surface area contributed by atoms with Gasteiger partial charge in [0, 0.05) is 35.7 Å². The van der Waals surface area contributed by atoms with Gasteiger partial charge in [-0.2, -0.15) is 9.97 Å². The maximum atomic E-state index is 11.7. The molecule has 4 aromatic rings. The molecule has 12 nitrogen and oxygen atoms in total. The molecule has 0 unspecified atom stereocenters. The number of ether oxygens (including phenoxy) is 5. The first-order chi connectivity index (χ1) is 22.2. The number of carbonyl (C=O) groups is 2. The molecule has 4 rings (SSSR count). The fourth-order valence-corrected chi connectivity index (χ4v) is 3.95. The fourth-order valence-electron chi connectivity index (χ4n) is 3.95. The van der Waals surface area contributed by atoms with Crippen molar-refractivity contribution in [1.29, 1.82) is 0 Å². The van der Waals surface area contributed by atoms with Crippen LogP contribution in [-0.4, -0.2) is 52.4 Å². The number of aliphatic hydroxyl groups excluding tert-OH is 1. The van der Waals surface area contributed by atoms with Crippen molar-refractivity contribution in [2.45, 2.75) is 26.7 Å². The number of rotatable bonds is 16. The van der Waals surface area contributed by atoms with Gasteiger partial charge in [-0.25, -0.2) is 14.6 Å². The Hall–Kier alpha value is -5.75. The Balaban J connectivity index is 1.54. The van der Waals surface area contributed by atoms with Crippen molar-refractivity contribution >= 4 is 23.6 Å². The number of benzene rings is 3. The molecule has 0 bridgehead atoms. The van der Waals surface area contributed by atoms with Crippen molar-refractivity contribution < 1.29 is 38.4 Å². The molecular formula is C34H34N4O8. The molecule has 0 aliphatic carbocycles. The highest BCUT2D eigenvalue weighted by atomic mass is 16.7. The van der Waals surface area contributed by atoms with E-state index in [9.17, 15) is 9.59 Å². The maximum absolute atomic E-state index is 11.7. The minimum atomic E-state index is -0.536. The lowest BCUT2D eigenvalue weighted by molar-refractivity contribution is -0.146. The minimum Gasteiger partial charge on any atom is -0.468 e. The second-order valence-electron chi connectivity index (χ2n) is 10.0. The van der Waals surface area contributed by atoms with Crippen LogP contribution < -0.4 is 19.5 Å². The topological polar surface area (TPSA) is 151 Å². The average molecular weight is 627 g/mol. The van der Waals surface area contributed by atoms with Crippen LogP contribution in [0.4, 0.5) is 11.6 Å². The summed E-state index contributed by atoms with van der Waals surface area (Å²) in [5.41, 5.74) is 2.91. The van der Waals surface area contributed by atoms with Gasteiger partial charge in [-0.05, 0) is 61.4 Å². The van der Waals surface area contributed by atoms with Crippen molar-refractivity contribution in [2.75, 3.05) is 25.7 Å². The van der Waals surface area contributed by atoms with E-state index in [0.29, 0.717) is 53.4 Å². The van der Waals surface area contributed by atoms with Gasteiger partial charge >= 0.3 is 11.9 Å². The largest absolute Gasteiger partial charge is 0.468 e. The van der Waals surface area contributed by atoms with Gasteiger partial charge in [-0.1, -0.05) is 43.5 Å². The van der Waals surface area contributed by atoms with Crippen LogP contribution in [0, 0.1) is 0 Å². The summed E-state index contributed by atoms with van der Waals surface area (Å²) in [6, 6.07) is 21.6. The molecule has 238 valence electrons. The maximum Gasteiger partial charge on any atom is 0.335 e. The van der Waals surface area contributed by atoms with E-state index in [1.807, 2.05) is 42.5 Å². The Morgan fingerprint density at radius 2 is 1.17 bits per heavy atom. The van der Waals surface area contributed by atoms with Crippen LogP contribution in [0.15, 0.2) is 97.1 Å². The van der Waals surface area contributed by atoms with E-state index < -0.39 is 18.7 Å². The zero-order valence-corrected chi connectivity index (χ0v) is 25.5. The molecule has 0 spiro atoms. The number of aliphatic hydroxyl groups is 1. The third kappa shape index (κ3) is 10.5. The molecule has 12 heteroatoms. The Morgan fingerprint density at radius 3 is 1.65 bits per heavy atom. The second kappa shape index (κ2) is 16.4. The number of carbonyl (C=O) groups excluding carboxylic acids is 2. The van der Waals surface area contributed by atoms with E-state index in [4.69, 9.17) is 33.8 Å². The van der Waals surface area contributed by atoms with E-state index in [0.717, 1.165) is 11.1 Å². The molecule has 0 aliphatic heterocycles. The van der Waals surface area contributed by atoms with Crippen LogP contribution in [-0.2, 0) is 31.9 Å². The van der Waals surface area contributed by atoms with Crippen LogP contribution in [0.3, 0.4) is 0 Å². The summed E-state index contributed by atoms with van der Waals surface area (Å²) >= 11 is 0. The predicted molar refractivity (Wildman–Crippen MR) is 169 cm³/mol. The van der Waals surface area contributed by atoms with Gasteiger partial charge in [0.05, 0.1) is 0 Å². The SMILES string of the molecule is C=C(C)C(=O)OCOc1cccc(Cc2nc(Cc3cccc(OCOC(=O)C(=C)C)c3)nc(Nc3cccc(OCO)c3)n2)c1. The number of hydrogen-bond donors (Lipinski definition) is 2. The smallest absolute Gasteiger partial charge is 0.335 e. The van der Waals surface area contributed by atoms with Crippen LogP contribution in [0.1, 0.15) is 36.6 Å². The Labute approximate surface area is 266 Å². The molecule has 1 heterocycles. The lowest BCUT2D eigenvalue weighted by Crippen LogP contribution is -2.11. The highest BCUT2D eigenvalue weighted by molar-refractivity contribution is 5.87. The molecule has 0 radical (unpaired) electrons. The summed E-state index contributed by atoms with van der Waals surface area (Å²) in [7, 11) is 0. The van der Waals surface area contributed by atoms with Crippen LogP contribution >= 0.6 is 0 Å². The minimum absolute atomic E-state index is 0.253. The summed E-state index contributed by atoms with van der Waals surface area (Å²) in [6.07, 6.45) is 0.690. The Morgan fingerprint density at radius 1 is 0.696 bits per heavy atom. The molecule has 2 N–H and O–H groups in total. The van der Waals surface area contributed by atoms with Gasteiger partial charge in [0.2, 0.25) is 19.5 Å². The molecule has 0 saturated heterocycles. The van der Waals surface area contributed by atoms with E-state index >= 15 is 0 Å². The number of nitrogens with one attached hydrogen (secondary N) is 1. The van der Waals surface area contributed by atoms with Gasteiger partial charge in [0.15, 0.2) is 6.79 Å². The summed E-state index contributed by atoms with van der Waals surface area (Å²) in [5, 5.41) is 12.3. The summed E-state index contributed by atoms with van der Waals surface area (Å²) in [5.74, 6) is 1.69. The monoisotopic (exact) mass is 626 g/mol. The standard InChI is InChI=1S/C34H34N4O8/c1-22(2)32(40)45-20-43-27-11-5-8-24(14-27)16-30-36-31(38-34(37-30)35-26-10-7-13-29(18-26)42-19-39)17-25-9-6-12-28(15-25)44-21-46-33(41)23(3)4/h5-15,18,39H,1,3,16-17,19-21H2,2,4H3,(H,35,36,37,38). The molecular weight excluding hydrogens is 592 g/mol. The quantitative estimate of drug-likeness (QED) is 0.0974. The zero-order valence-electron chi connectivity index (χ0n) is 25.5. The molecule has 3 aromatic carbocycles. The molecule has 0 saturated carbocycles. The van der Waals surface area contributed by atoms with Crippen molar-refractivity contribution in [3.8, 4) is 17.2 Å². The number of anilines is 2. The normalized spacial score (nSPS) is 10.4. The summed E-state index contributed by atoms with van der Waals surface area (Å²) < 4.78 is 26.4. The molecule has 46 heavy (non-hydrogen) atoms. The van der Waals surface area contributed by atoms with Gasteiger partial charge in [0.1, 0.15) is 28.9 Å². The van der Waals surface area contributed by atoms with Crippen molar-refractivity contribution in [1.82, 2.24) is 15.0 Å². The first-order valence-electron chi connectivity index (χ1n) is 14.1. The van der Waals surface area contributed by atoms with Gasteiger partial charge in [-0.15, -0.1) is 0 Å². The number of hydrogen-bond acceptors (Lipinski definition) is 12. The summed E-state index contributed by atoms with van der Waals surface area (Å²) in [6.45, 7) is 9.26. The lowest BCUT2D eigenvalue weighted by atomic mass is 10.1. The highest BCUT2D eigenvalue weighted by Crippen LogP contribution is 2.22. The van der Waals surface area contributed by atoms with Crippen LogP contribution in [0.5, 0.6) is 17.2 Å². The van der Waals surface area contributed by atoms with Crippen LogP contribution in [0.2, 0.25) is 0 Å². The molecule has 0 aliphatic rings. The highest BCUT2D eigenvalue weighted by Gasteiger charge is 2.12. The molecule has 0 fully saturated rings. The molecule has 1 aromatic heterocycles. The molecule has 0 atom stereocenters. The third-order valence-electron chi connectivity index (χ3n) is 6.10. The lowest BCUT2D eigenvalue weighted by Gasteiger charge is -2.12. The second-order valence-corrected chi connectivity index (χ2v) is 10.0. The first kappa shape index (κ1) is 33.1. The van der Waals surface area contributed by atoms with Gasteiger partial charge in [0.25, 0.3) is 0 Å². The van der Waals surface area contributed by atoms with Gasteiger partial charge in [-0.3, -0.25) is 0 Å². The number of aromatic nitrogens is 3. The van der Waals surface area contributed by atoms with Crippen LogP contribution in [0.25, 0.3) is 0 Å². The van der Waals surface area contributed by atoms with Crippen molar-refractivity contribution in [2.24, 2.45) is 0 Å². The Kier molecular flexibility index (Phi) is 11.8. The predicted octanol–water partition coefficient (Wildman–Crippen LogP) is 5.04. The van der Waals surface area contributed by atoms with Crippen molar-refractivity contribution in [3.63, 3.8) is 0 Å². The third-order valence-corrected chi connectivity index (χ3v) is 6.10. The van der Waals surface area contributed by atoms with E-state index in [1.54, 1.807) is 44.2 Å². The van der Waals surface area contributed by atoms with Gasteiger partial charge < -0.3 is 34.1 Å². The number of esters is 2. The number of nitrogens with zero attached hydrogens (tertiary/aromatic N) is 3. The zero-order chi connectivity index (χ0) is 32.9. The Bertz CT molecular complexity index is 1610.